The molecule has 1 aromatic carbocycles. The molecule has 0 unspecified atom stereocenters. The molecular formula is C13H18BrNO2S. The number of rotatable bonds is 5. The van der Waals surface area contributed by atoms with Gasteiger partial charge in [-0.25, -0.2) is 0 Å². The van der Waals surface area contributed by atoms with Gasteiger partial charge in [-0.15, -0.1) is 11.8 Å². The molecule has 0 aromatic heterocycles. The van der Waals surface area contributed by atoms with Crippen LogP contribution in [0.5, 0.6) is 0 Å². The largest absolute Gasteiger partial charge is 0.394 e. The van der Waals surface area contributed by atoms with E-state index in [4.69, 9.17) is 0 Å². The van der Waals surface area contributed by atoms with Gasteiger partial charge >= 0.3 is 0 Å². The highest BCUT2D eigenvalue weighted by Crippen LogP contribution is 2.22. The summed E-state index contributed by atoms with van der Waals surface area (Å²) in [4.78, 5) is 14.6. The second kappa shape index (κ2) is 6.59. The van der Waals surface area contributed by atoms with E-state index in [1.54, 1.807) is 11.9 Å². The van der Waals surface area contributed by atoms with Gasteiger partial charge in [-0.2, -0.15) is 0 Å². The lowest BCUT2D eigenvalue weighted by molar-refractivity contribution is -0.133. The van der Waals surface area contributed by atoms with E-state index < -0.39 is 5.54 Å². The number of amides is 1. The highest BCUT2D eigenvalue weighted by Gasteiger charge is 2.26. The van der Waals surface area contributed by atoms with Crippen LogP contribution in [0.3, 0.4) is 0 Å². The number of aliphatic hydroxyl groups excluding tert-OH is 1. The van der Waals surface area contributed by atoms with Crippen LogP contribution in [0.4, 0.5) is 0 Å². The van der Waals surface area contributed by atoms with Crippen LogP contribution in [0.2, 0.25) is 0 Å². The fraction of sp³-hybridized carbons (Fsp3) is 0.462. The first-order valence-electron chi connectivity index (χ1n) is 5.63. The number of carbonyl (C=O) groups is 1. The molecule has 0 saturated carbocycles. The van der Waals surface area contributed by atoms with Gasteiger partial charge < -0.3 is 10.0 Å². The molecule has 0 fully saturated rings. The third-order valence-corrected chi connectivity index (χ3v) is 4.37. The molecule has 0 aliphatic heterocycles. The lowest BCUT2D eigenvalue weighted by Gasteiger charge is -2.33. The molecule has 3 nitrogen and oxygen atoms in total. The van der Waals surface area contributed by atoms with Crippen molar-refractivity contribution in [3.63, 3.8) is 0 Å². The minimum atomic E-state index is -0.517. The summed E-state index contributed by atoms with van der Waals surface area (Å²) in [5.41, 5.74) is -0.517. The van der Waals surface area contributed by atoms with E-state index in [1.807, 2.05) is 38.1 Å². The number of halogens is 1. The molecule has 0 spiro atoms. The predicted octanol–water partition coefficient (Wildman–Crippen LogP) is 2.77. The van der Waals surface area contributed by atoms with Crippen LogP contribution in [-0.2, 0) is 4.79 Å². The number of nitrogens with zero attached hydrogens (tertiary/aromatic N) is 1. The Kier molecular flexibility index (Phi) is 5.69. The van der Waals surface area contributed by atoms with E-state index in [9.17, 15) is 9.90 Å². The number of benzene rings is 1. The Hall–Kier alpha value is -0.520. The second-order valence-electron chi connectivity index (χ2n) is 4.67. The van der Waals surface area contributed by atoms with Crippen molar-refractivity contribution in [2.75, 3.05) is 19.4 Å². The Morgan fingerprint density at radius 3 is 2.44 bits per heavy atom. The zero-order valence-corrected chi connectivity index (χ0v) is 13.2. The van der Waals surface area contributed by atoms with Crippen molar-refractivity contribution in [3.8, 4) is 0 Å². The molecule has 1 amide bonds. The highest BCUT2D eigenvalue weighted by atomic mass is 79.9. The van der Waals surface area contributed by atoms with E-state index in [1.165, 1.54) is 11.8 Å². The summed E-state index contributed by atoms with van der Waals surface area (Å²) in [5, 5.41) is 9.22. The Balaban J connectivity index is 2.53. The zero-order valence-electron chi connectivity index (χ0n) is 10.8. The van der Waals surface area contributed by atoms with E-state index in [0.717, 1.165) is 9.37 Å². The maximum absolute atomic E-state index is 12.0. The van der Waals surface area contributed by atoms with Gasteiger partial charge in [0.15, 0.2) is 0 Å². The monoisotopic (exact) mass is 331 g/mol. The van der Waals surface area contributed by atoms with E-state index in [2.05, 4.69) is 15.9 Å². The molecule has 0 saturated heterocycles. The van der Waals surface area contributed by atoms with Gasteiger partial charge in [0.2, 0.25) is 5.91 Å². The number of aliphatic hydroxyl groups is 1. The molecule has 0 heterocycles. The first-order valence-corrected chi connectivity index (χ1v) is 7.40. The molecule has 0 aliphatic rings. The van der Waals surface area contributed by atoms with Crippen LogP contribution < -0.4 is 0 Å². The molecule has 0 bridgehead atoms. The summed E-state index contributed by atoms with van der Waals surface area (Å²) < 4.78 is 1.02. The summed E-state index contributed by atoms with van der Waals surface area (Å²) in [6, 6.07) is 7.85. The number of hydrogen-bond donors (Lipinski definition) is 1. The van der Waals surface area contributed by atoms with Crippen LogP contribution in [-0.4, -0.2) is 40.9 Å². The fourth-order valence-corrected chi connectivity index (χ4v) is 2.29. The number of likely N-dealkylation sites (N-methyl/N-ethyl adjacent to an activating group) is 1. The van der Waals surface area contributed by atoms with Crippen LogP contribution in [0.15, 0.2) is 33.6 Å². The zero-order chi connectivity index (χ0) is 13.8. The van der Waals surface area contributed by atoms with Crippen molar-refractivity contribution in [1.29, 1.82) is 0 Å². The molecular weight excluding hydrogens is 314 g/mol. The topological polar surface area (TPSA) is 40.5 Å². The molecule has 1 rings (SSSR count). The summed E-state index contributed by atoms with van der Waals surface area (Å²) >= 11 is 4.87. The fourth-order valence-electron chi connectivity index (χ4n) is 1.22. The Labute approximate surface area is 121 Å². The average molecular weight is 332 g/mol. The van der Waals surface area contributed by atoms with Gasteiger partial charge in [0.05, 0.1) is 17.9 Å². The van der Waals surface area contributed by atoms with Crippen LogP contribution >= 0.6 is 27.7 Å². The average Bonchev–Trinajstić information content (AvgIpc) is 2.36. The molecule has 1 N–H and O–H groups in total. The number of carbonyl (C=O) groups excluding carboxylic acids is 1. The molecule has 0 atom stereocenters. The van der Waals surface area contributed by atoms with Crippen LogP contribution in [0.1, 0.15) is 13.8 Å². The maximum atomic E-state index is 12.0. The Morgan fingerprint density at radius 1 is 1.39 bits per heavy atom. The first kappa shape index (κ1) is 15.5. The minimum absolute atomic E-state index is 0.0157. The molecule has 100 valence electrons. The smallest absolute Gasteiger partial charge is 0.233 e. The van der Waals surface area contributed by atoms with Crippen molar-refractivity contribution in [3.05, 3.63) is 28.7 Å². The quantitative estimate of drug-likeness (QED) is 0.843. The minimum Gasteiger partial charge on any atom is -0.394 e. The Morgan fingerprint density at radius 2 is 1.94 bits per heavy atom. The van der Waals surface area contributed by atoms with Crippen LogP contribution in [0, 0.1) is 0 Å². The lowest BCUT2D eigenvalue weighted by atomic mass is 10.1. The third-order valence-electron chi connectivity index (χ3n) is 2.84. The van der Waals surface area contributed by atoms with Crippen molar-refractivity contribution in [1.82, 2.24) is 4.90 Å². The lowest BCUT2D eigenvalue weighted by Crippen LogP contribution is -2.48. The Bertz CT molecular complexity index is 406. The van der Waals surface area contributed by atoms with Gasteiger partial charge in [-0.05, 0) is 38.1 Å². The van der Waals surface area contributed by atoms with Gasteiger partial charge in [0, 0.05) is 16.4 Å². The van der Waals surface area contributed by atoms with Gasteiger partial charge in [-0.1, -0.05) is 15.9 Å². The van der Waals surface area contributed by atoms with Crippen molar-refractivity contribution >= 4 is 33.6 Å². The standard InChI is InChI=1S/C13H18BrNO2S/c1-13(2,9-16)15(3)12(17)8-18-11-6-4-10(14)5-7-11/h4-7,16H,8-9H2,1-3H3. The molecule has 1 aromatic rings. The van der Waals surface area contributed by atoms with Gasteiger partial charge in [0.25, 0.3) is 0 Å². The first-order chi connectivity index (χ1) is 8.36. The van der Waals surface area contributed by atoms with E-state index in [-0.39, 0.29) is 12.5 Å². The molecule has 18 heavy (non-hydrogen) atoms. The number of hydrogen-bond acceptors (Lipinski definition) is 3. The summed E-state index contributed by atoms with van der Waals surface area (Å²) in [5.74, 6) is 0.392. The van der Waals surface area contributed by atoms with Crippen LogP contribution in [0.25, 0.3) is 0 Å². The summed E-state index contributed by atoms with van der Waals surface area (Å²) in [6.45, 7) is 3.64. The molecule has 0 radical (unpaired) electrons. The van der Waals surface area contributed by atoms with Crippen molar-refractivity contribution < 1.29 is 9.90 Å². The maximum Gasteiger partial charge on any atom is 0.233 e. The molecule has 0 aliphatic carbocycles. The third kappa shape index (κ3) is 4.30. The number of thioether (sulfide) groups is 1. The predicted molar refractivity (Wildman–Crippen MR) is 78.8 cm³/mol. The molecule has 5 heteroatoms. The normalized spacial score (nSPS) is 11.4. The summed E-state index contributed by atoms with van der Waals surface area (Å²) in [6.07, 6.45) is 0. The SMILES string of the molecule is CN(C(=O)CSc1ccc(Br)cc1)C(C)(C)CO. The van der Waals surface area contributed by atoms with Crippen molar-refractivity contribution in [2.45, 2.75) is 24.3 Å². The summed E-state index contributed by atoms with van der Waals surface area (Å²) in [7, 11) is 1.72. The van der Waals surface area contributed by atoms with Gasteiger partial charge in [0.1, 0.15) is 0 Å². The van der Waals surface area contributed by atoms with E-state index in [0.29, 0.717) is 5.75 Å². The van der Waals surface area contributed by atoms with Crippen molar-refractivity contribution in [2.24, 2.45) is 0 Å². The van der Waals surface area contributed by atoms with E-state index >= 15 is 0 Å². The second-order valence-corrected chi connectivity index (χ2v) is 6.63. The highest BCUT2D eigenvalue weighted by molar-refractivity contribution is 9.10. The van der Waals surface area contributed by atoms with Gasteiger partial charge in [-0.3, -0.25) is 4.79 Å².